The van der Waals surface area contributed by atoms with E-state index in [4.69, 9.17) is 5.11 Å². The summed E-state index contributed by atoms with van der Waals surface area (Å²) in [5.74, 6) is -1.12. The molecule has 0 bridgehead atoms. The van der Waals surface area contributed by atoms with Gasteiger partial charge in [-0.15, -0.1) is 0 Å². The molecule has 0 saturated carbocycles. The van der Waals surface area contributed by atoms with Crippen LogP contribution in [0, 0.1) is 0 Å². The van der Waals surface area contributed by atoms with E-state index in [-0.39, 0.29) is 24.2 Å². The lowest BCUT2D eigenvalue weighted by Gasteiger charge is -2.12. The Bertz CT molecular complexity index is 696. The zero-order valence-corrected chi connectivity index (χ0v) is 13.2. The zero-order valence-electron chi connectivity index (χ0n) is 13.2. The average molecular weight is 328 g/mol. The monoisotopic (exact) mass is 328 g/mol. The lowest BCUT2D eigenvalue weighted by atomic mass is 10.00. The van der Waals surface area contributed by atoms with Gasteiger partial charge in [-0.25, -0.2) is 0 Å². The Morgan fingerprint density at radius 3 is 2.62 bits per heavy atom. The minimum Gasteiger partial charge on any atom is -0.480 e. The minimum absolute atomic E-state index is 0.0250. The van der Waals surface area contributed by atoms with Crippen molar-refractivity contribution in [2.24, 2.45) is 0 Å². The highest BCUT2D eigenvalue weighted by Gasteiger charge is 2.31. The third-order valence-corrected chi connectivity index (χ3v) is 4.56. The molecular formula is C18H20N2O4. The standard InChI is InChI=1S/C18H20N2O4/c21-16-7-6-13(11-4-2-1-3-5-11)14(16)9-17(22)20-12-8-15(18(23)24)19-10-12/h1-5,12,15,19H,6-10H2,(H,20,22)(H,23,24)/t12-,15-/m0/s1. The molecule has 24 heavy (non-hydrogen) atoms. The molecule has 1 aromatic carbocycles. The van der Waals surface area contributed by atoms with Crippen molar-refractivity contribution in [3.63, 3.8) is 0 Å². The molecule has 1 heterocycles. The van der Waals surface area contributed by atoms with Gasteiger partial charge in [0.15, 0.2) is 5.78 Å². The normalized spacial score (nSPS) is 23.6. The van der Waals surface area contributed by atoms with Crippen molar-refractivity contribution in [2.75, 3.05) is 6.54 Å². The number of amides is 1. The Morgan fingerprint density at radius 2 is 1.96 bits per heavy atom. The Hall–Kier alpha value is -2.47. The number of Topliss-reactive ketones (excluding diaryl/α,β-unsaturated/α-hetero) is 1. The first-order valence-corrected chi connectivity index (χ1v) is 8.11. The summed E-state index contributed by atoms with van der Waals surface area (Å²) in [6, 6.07) is 8.81. The third-order valence-electron chi connectivity index (χ3n) is 4.56. The van der Waals surface area contributed by atoms with Crippen LogP contribution in [0.5, 0.6) is 0 Å². The fourth-order valence-corrected chi connectivity index (χ4v) is 3.34. The second-order valence-corrected chi connectivity index (χ2v) is 6.22. The maximum absolute atomic E-state index is 12.3. The van der Waals surface area contributed by atoms with Gasteiger partial charge in [0.1, 0.15) is 6.04 Å². The summed E-state index contributed by atoms with van der Waals surface area (Å²) in [6.07, 6.45) is 1.52. The number of carboxylic acid groups (broad SMARTS) is 1. The molecule has 3 N–H and O–H groups in total. The van der Waals surface area contributed by atoms with Gasteiger partial charge in [-0.2, -0.15) is 0 Å². The number of nitrogens with one attached hydrogen (secondary N) is 2. The second kappa shape index (κ2) is 6.97. The summed E-state index contributed by atoms with van der Waals surface area (Å²) in [6.45, 7) is 0.432. The number of hydrogen-bond donors (Lipinski definition) is 3. The molecule has 1 saturated heterocycles. The van der Waals surface area contributed by atoms with Gasteiger partial charge in [0.25, 0.3) is 0 Å². The van der Waals surface area contributed by atoms with E-state index in [0.717, 1.165) is 11.1 Å². The van der Waals surface area contributed by atoms with Crippen LogP contribution < -0.4 is 10.6 Å². The number of carbonyl (C=O) groups is 3. The fraction of sp³-hybridized carbons (Fsp3) is 0.389. The molecule has 0 radical (unpaired) electrons. The number of carboxylic acids is 1. The van der Waals surface area contributed by atoms with Crippen molar-refractivity contribution < 1.29 is 19.5 Å². The molecule has 2 aliphatic rings. The highest BCUT2D eigenvalue weighted by molar-refractivity contribution is 6.10. The molecule has 126 valence electrons. The first-order chi connectivity index (χ1) is 11.5. The topological polar surface area (TPSA) is 95.5 Å². The average Bonchev–Trinajstić information content (AvgIpc) is 3.16. The van der Waals surface area contributed by atoms with E-state index in [2.05, 4.69) is 10.6 Å². The minimum atomic E-state index is -0.910. The molecule has 0 aromatic heterocycles. The van der Waals surface area contributed by atoms with Crippen molar-refractivity contribution in [3.8, 4) is 0 Å². The van der Waals surface area contributed by atoms with E-state index >= 15 is 0 Å². The van der Waals surface area contributed by atoms with Crippen LogP contribution in [-0.2, 0) is 14.4 Å². The zero-order chi connectivity index (χ0) is 17.1. The van der Waals surface area contributed by atoms with Crippen LogP contribution in [0.15, 0.2) is 35.9 Å². The predicted molar refractivity (Wildman–Crippen MR) is 88.2 cm³/mol. The first kappa shape index (κ1) is 16.4. The van der Waals surface area contributed by atoms with Crippen molar-refractivity contribution >= 4 is 23.2 Å². The van der Waals surface area contributed by atoms with Crippen LogP contribution in [0.4, 0.5) is 0 Å². The van der Waals surface area contributed by atoms with Crippen LogP contribution in [0.3, 0.4) is 0 Å². The van der Waals surface area contributed by atoms with Gasteiger partial charge < -0.3 is 15.7 Å². The van der Waals surface area contributed by atoms with Crippen LogP contribution >= 0.6 is 0 Å². The number of ketones is 1. The van der Waals surface area contributed by atoms with Gasteiger partial charge in [-0.1, -0.05) is 30.3 Å². The SMILES string of the molecule is O=C(CC1=C(c2ccccc2)CCC1=O)N[C@@H]1CN[C@H](C(=O)O)C1. The number of carbonyl (C=O) groups excluding carboxylic acids is 2. The molecule has 1 fully saturated rings. The molecule has 1 aliphatic heterocycles. The third kappa shape index (κ3) is 3.54. The summed E-state index contributed by atoms with van der Waals surface area (Å²) in [7, 11) is 0. The molecule has 0 spiro atoms. The van der Waals surface area contributed by atoms with E-state index in [1.54, 1.807) is 0 Å². The molecule has 1 aliphatic carbocycles. The highest BCUT2D eigenvalue weighted by Crippen LogP contribution is 2.33. The van der Waals surface area contributed by atoms with E-state index in [0.29, 0.717) is 31.4 Å². The lowest BCUT2D eigenvalue weighted by Crippen LogP contribution is -2.36. The van der Waals surface area contributed by atoms with Crippen LogP contribution in [0.25, 0.3) is 5.57 Å². The summed E-state index contributed by atoms with van der Waals surface area (Å²) in [4.78, 5) is 35.4. The van der Waals surface area contributed by atoms with Crippen molar-refractivity contribution in [3.05, 3.63) is 41.5 Å². The van der Waals surface area contributed by atoms with Crippen LogP contribution in [0.2, 0.25) is 0 Å². The van der Waals surface area contributed by atoms with Gasteiger partial charge in [0.05, 0.1) is 6.42 Å². The van der Waals surface area contributed by atoms with E-state index in [1.165, 1.54) is 0 Å². The molecule has 2 atom stereocenters. The van der Waals surface area contributed by atoms with Gasteiger partial charge >= 0.3 is 5.97 Å². The first-order valence-electron chi connectivity index (χ1n) is 8.11. The molecule has 1 aromatic rings. The quantitative estimate of drug-likeness (QED) is 0.753. The Morgan fingerprint density at radius 1 is 1.21 bits per heavy atom. The van der Waals surface area contributed by atoms with Gasteiger partial charge in [0, 0.05) is 24.6 Å². The Balaban J connectivity index is 1.66. The highest BCUT2D eigenvalue weighted by atomic mass is 16.4. The summed E-state index contributed by atoms with van der Waals surface area (Å²) in [5.41, 5.74) is 2.52. The van der Waals surface area contributed by atoms with Gasteiger partial charge in [-0.05, 0) is 24.0 Å². The number of benzene rings is 1. The van der Waals surface area contributed by atoms with Gasteiger partial charge in [0.2, 0.25) is 5.91 Å². The fourth-order valence-electron chi connectivity index (χ4n) is 3.34. The smallest absolute Gasteiger partial charge is 0.320 e. The van der Waals surface area contributed by atoms with Crippen molar-refractivity contribution in [1.82, 2.24) is 10.6 Å². The van der Waals surface area contributed by atoms with Crippen LogP contribution in [0.1, 0.15) is 31.2 Å². The summed E-state index contributed by atoms with van der Waals surface area (Å²) >= 11 is 0. The van der Waals surface area contributed by atoms with Gasteiger partial charge in [-0.3, -0.25) is 14.4 Å². The van der Waals surface area contributed by atoms with Crippen molar-refractivity contribution in [1.29, 1.82) is 0 Å². The predicted octanol–water partition coefficient (Wildman–Crippen LogP) is 1.12. The Labute approximate surface area is 139 Å². The lowest BCUT2D eigenvalue weighted by molar-refractivity contribution is -0.139. The summed E-state index contributed by atoms with van der Waals surface area (Å²) < 4.78 is 0. The van der Waals surface area contributed by atoms with Crippen LogP contribution in [-0.4, -0.2) is 41.4 Å². The maximum Gasteiger partial charge on any atom is 0.320 e. The number of hydrogen-bond acceptors (Lipinski definition) is 4. The maximum atomic E-state index is 12.3. The molecular weight excluding hydrogens is 308 g/mol. The molecule has 6 heteroatoms. The molecule has 1 amide bonds. The van der Waals surface area contributed by atoms with E-state index < -0.39 is 12.0 Å². The molecule has 6 nitrogen and oxygen atoms in total. The van der Waals surface area contributed by atoms with E-state index in [9.17, 15) is 14.4 Å². The number of rotatable bonds is 5. The second-order valence-electron chi connectivity index (χ2n) is 6.22. The Kier molecular flexibility index (Phi) is 4.76. The van der Waals surface area contributed by atoms with E-state index in [1.807, 2.05) is 30.3 Å². The van der Waals surface area contributed by atoms with Crippen molar-refractivity contribution in [2.45, 2.75) is 37.8 Å². The number of allylic oxidation sites excluding steroid dienone is 1. The number of aliphatic carboxylic acids is 1. The summed E-state index contributed by atoms with van der Waals surface area (Å²) in [5, 5.41) is 14.7. The largest absolute Gasteiger partial charge is 0.480 e. The molecule has 3 rings (SSSR count). The molecule has 0 unspecified atom stereocenters.